The van der Waals surface area contributed by atoms with Crippen molar-refractivity contribution in [3.63, 3.8) is 0 Å². The summed E-state index contributed by atoms with van der Waals surface area (Å²) in [6.07, 6.45) is 0. The summed E-state index contributed by atoms with van der Waals surface area (Å²) in [7, 11) is 0. The maximum absolute atomic E-state index is 11.0. The number of aromatic nitrogens is 1. The summed E-state index contributed by atoms with van der Waals surface area (Å²) in [5, 5.41) is 11.8. The van der Waals surface area contributed by atoms with Crippen molar-refractivity contribution < 1.29 is 9.66 Å². The molecular weight excluding hydrogens is 394 g/mol. The molecule has 0 spiro atoms. The Balaban J connectivity index is 1.85. The van der Waals surface area contributed by atoms with E-state index in [0.29, 0.717) is 6.61 Å². The number of ether oxygens (including phenoxy) is 1. The maximum atomic E-state index is 11.0. The molecule has 3 aromatic rings. The minimum atomic E-state index is -0.386. The molecule has 1 heterocycles. The Morgan fingerprint density at radius 2 is 2.00 bits per heavy atom. The van der Waals surface area contributed by atoms with Crippen LogP contribution in [0.3, 0.4) is 0 Å². The molecule has 0 aliphatic rings. The summed E-state index contributed by atoms with van der Waals surface area (Å²) < 4.78 is 6.91. The van der Waals surface area contributed by atoms with Gasteiger partial charge in [0.15, 0.2) is 0 Å². The average Bonchev–Trinajstić information content (AvgIpc) is 3.09. The predicted octanol–water partition coefficient (Wildman–Crippen LogP) is 5.19. The number of aryl methyl sites for hydroxylation is 1. The van der Waals surface area contributed by atoms with E-state index in [4.69, 9.17) is 9.72 Å². The molecule has 3 rings (SSSR count). The van der Waals surface area contributed by atoms with Crippen LogP contribution in [0.5, 0.6) is 5.75 Å². The summed E-state index contributed by atoms with van der Waals surface area (Å²) in [6.45, 7) is 9.64. The van der Waals surface area contributed by atoms with Gasteiger partial charge in [0.2, 0.25) is 0 Å². The van der Waals surface area contributed by atoms with Crippen LogP contribution in [-0.4, -0.2) is 41.0 Å². The zero-order chi connectivity index (χ0) is 20.3. The number of non-ortho nitro benzene ring substituents is 1. The number of fused-ring (bicyclic) bond motifs is 1. The maximum Gasteiger partial charge on any atom is 0.269 e. The van der Waals surface area contributed by atoms with Crippen LogP contribution in [0.15, 0.2) is 35.2 Å². The molecule has 0 radical (unpaired) electrons. The lowest BCUT2D eigenvalue weighted by Crippen LogP contribution is -2.27. The number of nitrogens with zero attached hydrogens (tertiary/aromatic N) is 3. The van der Waals surface area contributed by atoms with Crippen molar-refractivity contribution >= 4 is 39.9 Å². The van der Waals surface area contributed by atoms with Crippen LogP contribution in [-0.2, 0) is 0 Å². The molecule has 148 valence electrons. The van der Waals surface area contributed by atoms with E-state index in [1.54, 1.807) is 12.1 Å². The minimum absolute atomic E-state index is 0.0844. The van der Waals surface area contributed by atoms with Crippen molar-refractivity contribution in [3.8, 4) is 16.3 Å². The molecule has 0 unspecified atom stereocenters. The minimum Gasteiger partial charge on any atom is -0.492 e. The van der Waals surface area contributed by atoms with E-state index in [1.807, 2.05) is 19.1 Å². The Morgan fingerprint density at radius 3 is 2.64 bits per heavy atom. The van der Waals surface area contributed by atoms with Gasteiger partial charge in [0.05, 0.1) is 15.1 Å². The summed E-state index contributed by atoms with van der Waals surface area (Å²) in [4.78, 5) is 18.3. The summed E-state index contributed by atoms with van der Waals surface area (Å²) in [5.41, 5.74) is 2.62. The Labute approximate surface area is 173 Å². The molecule has 1 aromatic heterocycles. The zero-order valence-corrected chi connectivity index (χ0v) is 17.8. The highest BCUT2D eigenvalue weighted by atomic mass is 32.1. The molecule has 0 N–H and O–H groups in total. The van der Waals surface area contributed by atoms with Crippen molar-refractivity contribution in [2.45, 2.75) is 25.7 Å². The molecule has 0 amide bonds. The highest BCUT2D eigenvalue weighted by Crippen LogP contribution is 2.37. The van der Waals surface area contributed by atoms with Gasteiger partial charge in [-0.15, -0.1) is 24.0 Å². The standard InChI is InChI=1S/C20H23N3O3S2/c1-4-22(5-2)8-9-26-15-11-17(27)19-18(12-15)28-20(21-19)16-7-6-14(23(24)25)10-13(16)3/h6-7,10-12,27H,4-5,8-9H2,1-3H3. The SMILES string of the molecule is CCN(CC)CCOc1cc(S)c2nc(-c3ccc([N+](=O)[O-])cc3C)sc2c1. The first-order chi connectivity index (χ1) is 13.4. The number of rotatable bonds is 8. The van der Waals surface area contributed by atoms with Gasteiger partial charge < -0.3 is 9.64 Å². The van der Waals surface area contributed by atoms with Crippen LogP contribution >= 0.6 is 24.0 Å². The van der Waals surface area contributed by atoms with Crippen molar-refractivity contribution in [2.24, 2.45) is 0 Å². The van der Waals surface area contributed by atoms with Crippen molar-refractivity contribution in [1.29, 1.82) is 0 Å². The van der Waals surface area contributed by atoms with Gasteiger partial charge in [0, 0.05) is 29.1 Å². The molecule has 28 heavy (non-hydrogen) atoms. The third-order valence-electron chi connectivity index (χ3n) is 4.67. The smallest absolute Gasteiger partial charge is 0.269 e. The second-order valence-electron chi connectivity index (χ2n) is 6.44. The summed E-state index contributed by atoms with van der Waals surface area (Å²) in [5.74, 6) is 0.778. The van der Waals surface area contributed by atoms with Gasteiger partial charge in [-0.05, 0) is 43.8 Å². The lowest BCUT2D eigenvalue weighted by atomic mass is 10.1. The monoisotopic (exact) mass is 417 g/mol. The third kappa shape index (κ3) is 4.45. The van der Waals surface area contributed by atoms with E-state index in [1.165, 1.54) is 17.4 Å². The van der Waals surface area contributed by atoms with Gasteiger partial charge in [-0.1, -0.05) is 13.8 Å². The number of hydrogen-bond acceptors (Lipinski definition) is 7. The number of hydrogen-bond donors (Lipinski definition) is 1. The Hall–Kier alpha value is -2.16. The van der Waals surface area contributed by atoms with Crippen molar-refractivity contribution in [3.05, 3.63) is 46.0 Å². The first-order valence-corrected chi connectivity index (χ1v) is 10.4. The largest absolute Gasteiger partial charge is 0.492 e. The van der Waals surface area contributed by atoms with Gasteiger partial charge in [0.25, 0.3) is 5.69 Å². The molecule has 0 saturated heterocycles. The van der Waals surface area contributed by atoms with E-state index in [2.05, 4.69) is 31.4 Å². The highest BCUT2D eigenvalue weighted by Gasteiger charge is 2.15. The van der Waals surface area contributed by atoms with Gasteiger partial charge >= 0.3 is 0 Å². The van der Waals surface area contributed by atoms with Crippen LogP contribution in [0, 0.1) is 17.0 Å². The number of thiol groups is 1. The van der Waals surface area contributed by atoms with Crippen LogP contribution in [0.1, 0.15) is 19.4 Å². The molecule has 0 aliphatic heterocycles. The first-order valence-electron chi connectivity index (χ1n) is 9.17. The van der Waals surface area contributed by atoms with E-state index in [-0.39, 0.29) is 10.6 Å². The molecule has 0 atom stereocenters. The average molecular weight is 418 g/mol. The second-order valence-corrected chi connectivity index (χ2v) is 7.95. The molecule has 6 nitrogen and oxygen atoms in total. The van der Waals surface area contributed by atoms with Crippen LogP contribution in [0.25, 0.3) is 20.8 Å². The van der Waals surface area contributed by atoms with E-state index in [0.717, 1.165) is 56.6 Å². The van der Waals surface area contributed by atoms with Crippen molar-refractivity contribution in [2.75, 3.05) is 26.2 Å². The van der Waals surface area contributed by atoms with Gasteiger partial charge in [-0.3, -0.25) is 10.1 Å². The zero-order valence-electron chi connectivity index (χ0n) is 16.1. The van der Waals surface area contributed by atoms with E-state index < -0.39 is 0 Å². The fourth-order valence-corrected chi connectivity index (χ4v) is 4.50. The van der Waals surface area contributed by atoms with E-state index >= 15 is 0 Å². The van der Waals surface area contributed by atoms with Crippen molar-refractivity contribution in [1.82, 2.24) is 9.88 Å². The van der Waals surface area contributed by atoms with Gasteiger partial charge in [-0.2, -0.15) is 0 Å². The Kier molecular flexibility index (Phi) is 6.53. The first kappa shape index (κ1) is 20.6. The van der Waals surface area contributed by atoms with Gasteiger partial charge in [-0.25, -0.2) is 4.98 Å². The molecular formula is C20H23N3O3S2. The van der Waals surface area contributed by atoms with Crippen LogP contribution < -0.4 is 4.74 Å². The van der Waals surface area contributed by atoms with Crippen LogP contribution in [0.2, 0.25) is 0 Å². The summed E-state index contributed by atoms with van der Waals surface area (Å²) >= 11 is 6.11. The lowest BCUT2D eigenvalue weighted by molar-refractivity contribution is -0.384. The Morgan fingerprint density at radius 1 is 1.25 bits per heavy atom. The molecule has 0 bridgehead atoms. The number of nitro groups is 1. The number of thiazole rings is 1. The predicted molar refractivity (Wildman–Crippen MR) is 117 cm³/mol. The number of likely N-dealkylation sites (N-methyl/N-ethyl adjacent to an activating group) is 1. The normalized spacial score (nSPS) is 11.3. The molecule has 2 aromatic carbocycles. The molecule has 8 heteroatoms. The van der Waals surface area contributed by atoms with Crippen LogP contribution in [0.4, 0.5) is 5.69 Å². The van der Waals surface area contributed by atoms with Gasteiger partial charge in [0.1, 0.15) is 17.4 Å². The fourth-order valence-electron chi connectivity index (χ4n) is 3.02. The third-order valence-corrected chi connectivity index (χ3v) is 6.05. The quantitative estimate of drug-likeness (QED) is 0.310. The molecule has 0 saturated carbocycles. The number of benzene rings is 2. The molecule has 0 fully saturated rings. The lowest BCUT2D eigenvalue weighted by Gasteiger charge is -2.18. The Bertz CT molecular complexity index is 1000. The molecule has 0 aliphatic carbocycles. The second kappa shape index (κ2) is 8.89. The topological polar surface area (TPSA) is 68.5 Å². The highest BCUT2D eigenvalue weighted by molar-refractivity contribution is 7.80. The summed E-state index contributed by atoms with van der Waals surface area (Å²) in [6, 6.07) is 8.71. The van der Waals surface area contributed by atoms with E-state index in [9.17, 15) is 10.1 Å². The number of nitro benzene ring substituents is 1. The fraction of sp³-hybridized carbons (Fsp3) is 0.350.